The minimum absolute atomic E-state index is 0.361. The van der Waals surface area contributed by atoms with Gasteiger partial charge in [0, 0.05) is 29.6 Å². The number of rotatable bonds is 7. The Kier molecular flexibility index (Phi) is 6.27. The highest BCUT2D eigenvalue weighted by Crippen LogP contribution is 2.29. The molecule has 0 atom stereocenters. The van der Waals surface area contributed by atoms with Crippen LogP contribution in [0.4, 0.5) is 0 Å². The lowest BCUT2D eigenvalue weighted by atomic mass is 10.1. The predicted molar refractivity (Wildman–Crippen MR) is 112 cm³/mol. The van der Waals surface area contributed by atoms with Gasteiger partial charge in [0.1, 0.15) is 5.58 Å². The van der Waals surface area contributed by atoms with Crippen molar-refractivity contribution in [2.45, 2.75) is 26.9 Å². The van der Waals surface area contributed by atoms with E-state index in [1.165, 1.54) is 6.07 Å². The van der Waals surface area contributed by atoms with Crippen LogP contribution >= 0.6 is 11.6 Å². The van der Waals surface area contributed by atoms with Crippen LogP contribution in [0.5, 0.6) is 11.5 Å². The second-order valence-electron chi connectivity index (χ2n) is 6.78. The van der Waals surface area contributed by atoms with E-state index in [0.717, 1.165) is 27.8 Å². The molecule has 0 saturated heterocycles. The van der Waals surface area contributed by atoms with E-state index in [0.29, 0.717) is 36.1 Å². The van der Waals surface area contributed by atoms with Crippen LogP contribution in [-0.4, -0.2) is 25.7 Å². The number of hydrogen-bond acceptors (Lipinski definition) is 5. The van der Waals surface area contributed by atoms with E-state index >= 15 is 0 Å². The molecular formula is C22H24ClNO4. The molecule has 2 aromatic carbocycles. The predicted octanol–water partition coefficient (Wildman–Crippen LogP) is 4.79. The Balaban J connectivity index is 1.84. The lowest BCUT2D eigenvalue weighted by molar-refractivity contribution is 0.305. The number of methoxy groups -OCH3 is 1. The molecule has 0 spiro atoms. The third-order valence-corrected chi connectivity index (χ3v) is 4.94. The maximum atomic E-state index is 12.0. The summed E-state index contributed by atoms with van der Waals surface area (Å²) in [6.07, 6.45) is 0. The molecule has 0 N–H and O–H groups in total. The molecule has 0 fully saturated rings. The molecule has 3 rings (SSSR count). The number of ether oxygens (including phenoxy) is 2. The van der Waals surface area contributed by atoms with Crippen molar-refractivity contribution in [3.8, 4) is 11.5 Å². The number of fused-ring (bicyclic) bond motifs is 1. The first-order chi connectivity index (χ1) is 13.4. The molecule has 1 aromatic heterocycles. The molecule has 5 nitrogen and oxygen atoms in total. The Morgan fingerprint density at radius 3 is 2.61 bits per heavy atom. The van der Waals surface area contributed by atoms with E-state index in [4.69, 9.17) is 25.5 Å². The summed E-state index contributed by atoms with van der Waals surface area (Å²) in [5.74, 6) is 1.44. The van der Waals surface area contributed by atoms with Crippen LogP contribution in [0.3, 0.4) is 0 Å². The Hall–Kier alpha value is -2.50. The number of hydrogen-bond donors (Lipinski definition) is 0. The standard InChI is InChI=1S/C22H24ClNO4/c1-5-27-19-7-6-15(9-21(19)26-4)12-24(3)13-16-10-22(25)28-20-8-14(2)18(23)11-17(16)20/h6-11H,5,12-13H2,1-4H3. The van der Waals surface area contributed by atoms with E-state index in [1.54, 1.807) is 13.2 Å². The second kappa shape index (κ2) is 8.67. The highest BCUT2D eigenvalue weighted by molar-refractivity contribution is 6.32. The minimum Gasteiger partial charge on any atom is -0.493 e. The monoisotopic (exact) mass is 401 g/mol. The lowest BCUT2D eigenvalue weighted by Gasteiger charge is -2.19. The molecule has 3 aromatic rings. The Labute approximate surface area is 169 Å². The van der Waals surface area contributed by atoms with Gasteiger partial charge in [0.15, 0.2) is 11.5 Å². The van der Waals surface area contributed by atoms with Crippen molar-refractivity contribution in [2.75, 3.05) is 20.8 Å². The summed E-state index contributed by atoms with van der Waals surface area (Å²) in [5, 5.41) is 1.51. The number of benzene rings is 2. The van der Waals surface area contributed by atoms with Crippen LogP contribution in [-0.2, 0) is 13.1 Å². The van der Waals surface area contributed by atoms with Crippen LogP contribution in [0.2, 0.25) is 5.02 Å². The van der Waals surface area contributed by atoms with Crippen LogP contribution < -0.4 is 15.1 Å². The first-order valence-electron chi connectivity index (χ1n) is 9.12. The SMILES string of the molecule is CCOc1ccc(CN(C)Cc2cc(=O)oc3cc(C)c(Cl)cc23)cc1OC. The molecule has 0 aliphatic carbocycles. The molecule has 0 aliphatic rings. The fourth-order valence-electron chi connectivity index (χ4n) is 3.22. The smallest absolute Gasteiger partial charge is 0.336 e. The molecule has 0 amide bonds. The summed E-state index contributed by atoms with van der Waals surface area (Å²) in [4.78, 5) is 14.1. The Bertz CT molecular complexity index is 1040. The first-order valence-corrected chi connectivity index (χ1v) is 9.50. The van der Waals surface area contributed by atoms with Crippen molar-refractivity contribution in [1.29, 1.82) is 0 Å². The summed E-state index contributed by atoms with van der Waals surface area (Å²) in [7, 11) is 3.63. The van der Waals surface area contributed by atoms with Gasteiger partial charge in [-0.25, -0.2) is 4.79 Å². The lowest BCUT2D eigenvalue weighted by Crippen LogP contribution is -2.18. The molecule has 0 aliphatic heterocycles. The topological polar surface area (TPSA) is 51.9 Å². The van der Waals surface area contributed by atoms with Crippen LogP contribution in [0, 0.1) is 6.92 Å². The molecule has 148 valence electrons. The van der Waals surface area contributed by atoms with Crippen molar-refractivity contribution >= 4 is 22.6 Å². The third-order valence-electron chi connectivity index (χ3n) is 4.53. The van der Waals surface area contributed by atoms with Gasteiger partial charge in [-0.15, -0.1) is 0 Å². The molecule has 28 heavy (non-hydrogen) atoms. The van der Waals surface area contributed by atoms with Crippen molar-refractivity contribution in [3.63, 3.8) is 0 Å². The van der Waals surface area contributed by atoms with E-state index in [1.807, 2.05) is 45.2 Å². The zero-order valence-corrected chi connectivity index (χ0v) is 17.3. The minimum atomic E-state index is -0.361. The zero-order valence-electron chi connectivity index (χ0n) is 16.5. The van der Waals surface area contributed by atoms with Gasteiger partial charge in [-0.3, -0.25) is 4.90 Å². The normalized spacial score (nSPS) is 11.2. The fraction of sp³-hybridized carbons (Fsp3) is 0.318. The first kappa shape index (κ1) is 20.2. The number of halogens is 1. The van der Waals surface area contributed by atoms with Gasteiger partial charge in [-0.2, -0.15) is 0 Å². The van der Waals surface area contributed by atoms with Gasteiger partial charge in [-0.1, -0.05) is 17.7 Å². The highest BCUT2D eigenvalue weighted by Gasteiger charge is 2.12. The summed E-state index contributed by atoms with van der Waals surface area (Å²) < 4.78 is 16.3. The Morgan fingerprint density at radius 1 is 1.11 bits per heavy atom. The van der Waals surface area contributed by atoms with Crippen molar-refractivity contribution in [2.24, 2.45) is 0 Å². The molecule has 1 heterocycles. The van der Waals surface area contributed by atoms with E-state index < -0.39 is 0 Å². The zero-order chi connectivity index (χ0) is 20.3. The summed E-state index contributed by atoms with van der Waals surface area (Å²) in [5.41, 5.74) is 3.04. The van der Waals surface area contributed by atoms with Crippen LogP contribution in [0.25, 0.3) is 11.0 Å². The van der Waals surface area contributed by atoms with Crippen LogP contribution in [0.15, 0.2) is 45.6 Å². The molecule has 0 radical (unpaired) electrons. The van der Waals surface area contributed by atoms with Gasteiger partial charge in [0.25, 0.3) is 0 Å². The van der Waals surface area contributed by atoms with Gasteiger partial charge in [0.2, 0.25) is 0 Å². The van der Waals surface area contributed by atoms with E-state index in [-0.39, 0.29) is 5.63 Å². The maximum Gasteiger partial charge on any atom is 0.336 e. The van der Waals surface area contributed by atoms with E-state index in [9.17, 15) is 4.79 Å². The molecule has 0 bridgehead atoms. The van der Waals surface area contributed by atoms with E-state index in [2.05, 4.69) is 4.90 Å². The molecular weight excluding hydrogens is 378 g/mol. The largest absolute Gasteiger partial charge is 0.493 e. The van der Waals surface area contributed by atoms with Crippen molar-refractivity contribution < 1.29 is 13.9 Å². The Morgan fingerprint density at radius 2 is 1.89 bits per heavy atom. The second-order valence-corrected chi connectivity index (χ2v) is 7.19. The third kappa shape index (κ3) is 4.49. The fourth-order valence-corrected chi connectivity index (χ4v) is 3.39. The summed E-state index contributed by atoms with van der Waals surface area (Å²) in [6.45, 7) is 5.68. The maximum absolute atomic E-state index is 12.0. The quantitative estimate of drug-likeness (QED) is 0.532. The molecule has 0 saturated carbocycles. The average molecular weight is 402 g/mol. The van der Waals surface area contributed by atoms with Gasteiger partial charge >= 0.3 is 5.63 Å². The molecule has 6 heteroatoms. The van der Waals surface area contributed by atoms with Gasteiger partial charge < -0.3 is 13.9 Å². The van der Waals surface area contributed by atoms with Gasteiger partial charge in [-0.05, 0) is 61.9 Å². The number of aryl methyl sites for hydroxylation is 1. The summed E-state index contributed by atoms with van der Waals surface area (Å²) in [6, 6.07) is 11.1. The summed E-state index contributed by atoms with van der Waals surface area (Å²) >= 11 is 6.28. The highest BCUT2D eigenvalue weighted by atomic mass is 35.5. The van der Waals surface area contributed by atoms with Crippen molar-refractivity contribution in [3.05, 3.63) is 68.5 Å². The van der Waals surface area contributed by atoms with Gasteiger partial charge in [0.05, 0.1) is 13.7 Å². The van der Waals surface area contributed by atoms with Crippen molar-refractivity contribution in [1.82, 2.24) is 4.90 Å². The number of nitrogens with zero attached hydrogens (tertiary/aromatic N) is 1. The average Bonchev–Trinajstić information content (AvgIpc) is 2.64. The van der Waals surface area contributed by atoms with Crippen LogP contribution in [0.1, 0.15) is 23.6 Å². The molecule has 0 unspecified atom stereocenters.